The highest BCUT2D eigenvalue weighted by atomic mass is 16.3. The SMILES string of the molecule is Cc1ccc2c(c1)CN(CCCO)C2=O. The zero-order valence-electron chi connectivity index (χ0n) is 8.86. The Hall–Kier alpha value is -1.35. The van der Waals surface area contributed by atoms with Crippen molar-refractivity contribution in [2.75, 3.05) is 13.2 Å². The summed E-state index contributed by atoms with van der Waals surface area (Å²) in [6.45, 7) is 3.50. The van der Waals surface area contributed by atoms with E-state index in [0.717, 1.165) is 11.1 Å². The summed E-state index contributed by atoms with van der Waals surface area (Å²) in [4.78, 5) is 13.7. The molecule has 15 heavy (non-hydrogen) atoms. The summed E-state index contributed by atoms with van der Waals surface area (Å²) in [6.07, 6.45) is 0.651. The average Bonchev–Trinajstić information content (AvgIpc) is 2.52. The molecule has 0 unspecified atom stereocenters. The highest BCUT2D eigenvalue weighted by Gasteiger charge is 2.26. The molecule has 0 fully saturated rings. The normalized spacial score (nSPS) is 14.5. The van der Waals surface area contributed by atoms with Crippen LogP contribution in [0.2, 0.25) is 0 Å². The molecule has 0 saturated carbocycles. The Morgan fingerprint density at radius 2 is 2.27 bits per heavy atom. The number of aliphatic hydroxyl groups is 1. The molecule has 1 aliphatic heterocycles. The minimum atomic E-state index is 0.0958. The number of nitrogens with zero attached hydrogens (tertiary/aromatic N) is 1. The summed E-state index contributed by atoms with van der Waals surface area (Å²) in [5, 5.41) is 8.74. The third-order valence-electron chi connectivity index (χ3n) is 2.73. The minimum Gasteiger partial charge on any atom is -0.396 e. The van der Waals surface area contributed by atoms with E-state index >= 15 is 0 Å². The number of rotatable bonds is 3. The zero-order valence-corrected chi connectivity index (χ0v) is 8.86. The standard InChI is InChI=1S/C12H15NO2/c1-9-3-4-11-10(7-9)8-13(12(11)15)5-2-6-14/h3-4,7,14H,2,5-6,8H2,1H3. The number of aliphatic hydroxyl groups excluding tert-OH is 1. The molecule has 3 nitrogen and oxygen atoms in total. The number of hydrogen-bond donors (Lipinski definition) is 1. The van der Waals surface area contributed by atoms with Gasteiger partial charge in [-0.05, 0) is 25.0 Å². The first-order chi connectivity index (χ1) is 7.22. The van der Waals surface area contributed by atoms with E-state index in [4.69, 9.17) is 5.11 Å². The van der Waals surface area contributed by atoms with Gasteiger partial charge in [-0.1, -0.05) is 17.7 Å². The Labute approximate surface area is 89.3 Å². The van der Waals surface area contributed by atoms with E-state index in [1.54, 1.807) is 4.90 Å². The van der Waals surface area contributed by atoms with Crippen LogP contribution in [0.1, 0.15) is 27.9 Å². The van der Waals surface area contributed by atoms with Crippen LogP contribution in [0.5, 0.6) is 0 Å². The first kappa shape index (κ1) is 10.2. The Morgan fingerprint density at radius 1 is 1.47 bits per heavy atom. The van der Waals surface area contributed by atoms with Crippen molar-refractivity contribution in [3.63, 3.8) is 0 Å². The predicted molar refractivity (Wildman–Crippen MR) is 57.6 cm³/mol. The van der Waals surface area contributed by atoms with Gasteiger partial charge in [0.25, 0.3) is 5.91 Å². The monoisotopic (exact) mass is 205 g/mol. The van der Waals surface area contributed by atoms with Gasteiger partial charge in [0.05, 0.1) is 0 Å². The lowest BCUT2D eigenvalue weighted by Crippen LogP contribution is -2.25. The molecular weight excluding hydrogens is 190 g/mol. The summed E-state index contributed by atoms with van der Waals surface area (Å²) in [5.41, 5.74) is 3.11. The molecule has 1 aromatic carbocycles. The highest BCUT2D eigenvalue weighted by molar-refractivity contribution is 5.98. The second-order valence-electron chi connectivity index (χ2n) is 3.96. The van der Waals surface area contributed by atoms with E-state index in [9.17, 15) is 4.79 Å². The van der Waals surface area contributed by atoms with Crippen LogP contribution in [-0.2, 0) is 6.54 Å². The molecule has 1 heterocycles. The van der Waals surface area contributed by atoms with Crippen molar-refractivity contribution in [2.45, 2.75) is 19.9 Å². The molecule has 1 amide bonds. The summed E-state index contributed by atoms with van der Waals surface area (Å²) < 4.78 is 0. The van der Waals surface area contributed by atoms with Gasteiger partial charge in [-0.2, -0.15) is 0 Å². The van der Waals surface area contributed by atoms with Gasteiger partial charge < -0.3 is 10.0 Å². The van der Waals surface area contributed by atoms with Gasteiger partial charge in [-0.25, -0.2) is 0 Å². The van der Waals surface area contributed by atoms with Crippen LogP contribution < -0.4 is 0 Å². The molecule has 0 radical (unpaired) electrons. The average molecular weight is 205 g/mol. The van der Waals surface area contributed by atoms with Crippen LogP contribution in [0.15, 0.2) is 18.2 Å². The number of carbonyl (C=O) groups excluding carboxylic acids is 1. The largest absolute Gasteiger partial charge is 0.396 e. The van der Waals surface area contributed by atoms with Gasteiger partial charge in [-0.15, -0.1) is 0 Å². The van der Waals surface area contributed by atoms with E-state index in [2.05, 4.69) is 6.07 Å². The fourth-order valence-electron chi connectivity index (χ4n) is 1.95. The summed E-state index contributed by atoms with van der Waals surface area (Å²) in [7, 11) is 0. The molecule has 0 spiro atoms. The molecule has 1 aromatic rings. The zero-order chi connectivity index (χ0) is 10.8. The summed E-state index contributed by atoms with van der Waals surface area (Å²) >= 11 is 0. The van der Waals surface area contributed by atoms with Crippen LogP contribution in [-0.4, -0.2) is 29.1 Å². The Bertz CT molecular complexity index is 387. The van der Waals surface area contributed by atoms with E-state index in [1.807, 2.05) is 19.1 Å². The smallest absolute Gasteiger partial charge is 0.254 e. The van der Waals surface area contributed by atoms with Crippen molar-refractivity contribution >= 4 is 5.91 Å². The van der Waals surface area contributed by atoms with Gasteiger partial charge in [0, 0.05) is 25.3 Å². The van der Waals surface area contributed by atoms with Crippen molar-refractivity contribution in [1.29, 1.82) is 0 Å². The number of carbonyl (C=O) groups is 1. The Morgan fingerprint density at radius 3 is 3.00 bits per heavy atom. The molecule has 1 aliphatic rings. The van der Waals surface area contributed by atoms with Gasteiger partial charge >= 0.3 is 0 Å². The van der Waals surface area contributed by atoms with E-state index in [-0.39, 0.29) is 12.5 Å². The molecule has 1 N–H and O–H groups in total. The van der Waals surface area contributed by atoms with Crippen molar-refractivity contribution in [3.05, 3.63) is 34.9 Å². The van der Waals surface area contributed by atoms with Gasteiger partial charge in [-0.3, -0.25) is 4.79 Å². The van der Waals surface area contributed by atoms with Crippen LogP contribution >= 0.6 is 0 Å². The van der Waals surface area contributed by atoms with E-state index < -0.39 is 0 Å². The van der Waals surface area contributed by atoms with Gasteiger partial charge in [0.15, 0.2) is 0 Å². The number of hydrogen-bond acceptors (Lipinski definition) is 2. The lowest BCUT2D eigenvalue weighted by molar-refractivity contribution is 0.0768. The molecule has 80 valence electrons. The Balaban J connectivity index is 2.18. The number of fused-ring (bicyclic) bond motifs is 1. The third kappa shape index (κ3) is 1.88. The molecule has 0 aliphatic carbocycles. The molecule has 0 bridgehead atoms. The summed E-state index contributed by atoms with van der Waals surface area (Å²) in [6, 6.07) is 5.92. The maximum Gasteiger partial charge on any atom is 0.254 e. The van der Waals surface area contributed by atoms with Gasteiger partial charge in [0.2, 0.25) is 0 Å². The van der Waals surface area contributed by atoms with Crippen LogP contribution in [0.25, 0.3) is 0 Å². The second kappa shape index (κ2) is 4.03. The fraction of sp³-hybridized carbons (Fsp3) is 0.417. The molecule has 3 heteroatoms. The first-order valence-electron chi connectivity index (χ1n) is 5.22. The minimum absolute atomic E-state index is 0.0958. The molecule has 2 rings (SSSR count). The maximum atomic E-state index is 11.9. The predicted octanol–water partition coefficient (Wildman–Crippen LogP) is 1.33. The van der Waals surface area contributed by atoms with Crippen molar-refractivity contribution in [1.82, 2.24) is 4.90 Å². The van der Waals surface area contributed by atoms with Crippen LogP contribution in [0.3, 0.4) is 0 Å². The van der Waals surface area contributed by atoms with E-state index in [1.165, 1.54) is 5.56 Å². The van der Waals surface area contributed by atoms with Crippen LogP contribution in [0, 0.1) is 6.92 Å². The van der Waals surface area contributed by atoms with Crippen molar-refractivity contribution in [3.8, 4) is 0 Å². The lowest BCUT2D eigenvalue weighted by atomic mass is 10.1. The van der Waals surface area contributed by atoms with Crippen molar-refractivity contribution < 1.29 is 9.90 Å². The quantitative estimate of drug-likeness (QED) is 0.808. The van der Waals surface area contributed by atoms with Gasteiger partial charge in [0.1, 0.15) is 0 Å². The topological polar surface area (TPSA) is 40.5 Å². The third-order valence-corrected chi connectivity index (χ3v) is 2.73. The number of amides is 1. The molecule has 0 atom stereocenters. The fourth-order valence-corrected chi connectivity index (χ4v) is 1.95. The van der Waals surface area contributed by atoms with E-state index in [0.29, 0.717) is 19.5 Å². The maximum absolute atomic E-state index is 11.9. The highest BCUT2D eigenvalue weighted by Crippen LogP contribution is 2.23. The lowest BCUT2D eigenvalue weighted by Gasteiger charge is -2.13. The number of benzene rings is 1. The van der Waals surface area contributed by atoms with Crippen LogP contribution in [0.4, 0.5) is 0 Å². The summed E-state index contributed by atoms with van der Waals surface area (Å²) in [5.74, 6) is 0.0958. The molecule has 0 aromatic heterocycles. The molecular formula is C12H15NO2. The second-order valence-corrected chi connectivity index (χ2v) is 3.96. The Kier molecular flexibility index (Phi) is 2.73. The molecule has 0 saturated heterocycles. The number of aryl methyl sites for hydroxylation is 1. The van der Waals surface area contributed by atoms with Crippen molar-refractivity contribution in [2.24, 2.45) is 0 Å². The first-order valence-corrected chi connectivity index (χ1v) is 5.22.